The lowest BCUT2D eigenvalue weighted by Crippen LogP contribution is -2.48. The van der Waals surface area contributed by atoms with Gasteiger partial charge in [-0.15, -0.1) is 11.3 Å². The molecule has 1 aliphatic heterocycles. The van der Waals surface area contributed by atoms with E-state index in [9.17, 15) is 14.0 Å². The molecule has 0 saturated carbocycles. The van der Waals surface area contributed by atoms with Crippen molar-refractivity contribution in [2.75, 3.05) is 42.1 Å². The minimum atomic E-state index is -0.410. The Morgan fingerprint density at radius 2 is 1.74 bits per heavy atom. The Hall–Kier alpha value is -3.40. The zero-order valence-corrected chi connectivity index (χ0v) is 22.7. The van der Waals surface area contributed by atoms with Crippen molar-refractivity contribution in [3.05, 3.63) is 94.6 Å². The molecule has 6 nitrogen and oxygen atoms in total. The summed E-state index contributed by atoms with van der Waals surface area (Å²) in [6.07, 6.45) is 0. The molecule has 38 heavy (non-hydrogen) atoms. The number of hydrogen-bond acceptors (Lipinski definition) is 6. The molecule has 2 amide bonds. The van der Waals surface area contributed by atoms with Crippen molar-refractivity contribution >= 4 is 57.9 Å². The zero-order valence-electron chi connectivity index (χ0n) is 20.3. The van der Waals surface area contributed by atoms with Gasteiger partial charge in [-0.25, -0.2) is 9.37 Å². The van der Waals surface area contributed by atoms with Gasteiger partial charge in [-0.05, 0) is 54.6 Å². The molecule has 0 unspecified atom stereocenters. The van der Waals surface area contributed by atoms with Gasteiger partial charge in [-0.1, -0.05) is 41.6 Å². The fourth-order valence-corrected chi connectivity index (χ4v) is 5.89. The molecule has 10 heteroatoms. The molecule has 5 rings (SSSR count). The number of aromatic nitrogens is 1. The molecule has 0 aliphatic carbocycles. The highest BCUT2D eigenvalue weighted by Gasteiger charge is 2.22. The van der Waals surface area contributed by atoms with E-state index in [-0.39, 0.29) is 17.6 Å². The second-order valence-corrected chi connectivity index (χ2v) is 11.2. The van der Waals surface area contributed by atoms with Crippen LogP contribution in [0.1, 0.15) is 10.4 Å². The fraction of sp³-hybridized carbons (Fsp3) is 0.179. The summed E-state index contributed by atoms with van der Waals surface area (Å²) in [5.74, 6) is -0.405. The number of carbonyl (C=O) groups excluding carboxylic acids is 2. The standard InChI is InChI=1S/C28H24ClFN4O2S2/c29-21-6-4-19(5-7-21)25-17-37-28(32-25)38-18-26(35)31-23-8-10-24(11-9-23)33-12-14-34(15-13-33)27(36)20-2-1-3-22(30)16-20/h1-11,16-17H,12-15,18H2,(H,31,35). The van der Waals surface area contributed by atoms with E-state index in [1.165, 1.54) is 35.2 Å². The highest BCUT2D eigenvalue weighted by Crippen LogP contribution is 2.29. The lowest BCUT2D eigenvalue weighted by Gasteiger charge is -2.36. The summed E-state index contributed by atoms with van der Waals surface area (Å²) in [4.78, 5) is 33.7. The van der Waals surface area contributed by atoms with Crippen LogP contribution in [-0.2, 0) is 4.79 Å². The van der Waals surface area contributed by atoms with Crippen LogP contribution in [0.3, 0.4) is 0 Å². The Morgan fingerprint density at radius 1 is 1.00 bits per heavy atom. The lowest BCUT2D eigenvalue weighted by atomic mass is 10.1. The van der Waals surface area contributed by atoms with Crippen molar-refractivity contribution in [2.24, 2.45) is 0 Å². The molecule has 1 aromatic heterocycles. The topological polar surface area (TPSA) is 65.5 Å². The van der Waals surface area contributed by atoms with Gasteiger partial charge in [0, 0.05) is 59.1 Å². The summed E-state index contributed by atoms with van der Waals surface area (Å²) in [7, 11) is 0. The summed E-state index contributed by atoms with van der Waals surface area (Å²) >= 11 is 8.86. The van der Waals surface area contributed by atoms with Gasteiger partial charge >= 0.3 is 0 Å². The number of piperazine rings is 1. The van der Waals surface area contributed by atoms with Gasteiger partial charge in [0.25, 0.3) is 5.91 Å². The molecular weight excluding hydrogens is 543 g/mol. The first-order valence-corrected chi connectivity index (χ1v) is 14.2. The molecule has 0 atom stereocenters. The number of thiazole rings is 1. The average molecular weight is 567 g/mol. The number of benzene rings is 3. The van der Waals surface area contributed by atoms with Crippen molar-refractivity contribution in [1.29, 1.82) is 0 Å². The summed E-state index contributed by atoms with van der Waals surface area (Å²) in [5.41, 5.74) is 3.97. The van der Waals surface area contributed by atoms with Crippen molar-refractivity contribution in [3.8, 4) is 11.3 Å². The van der Waals surface area contributed by atoms with Crippen molar-refractivity contribution in [1.82, 2.24) is 9.88 Å². The second kappa shape index (κ2) is 12.0. The zero-order chi connectivity index (χ0) is 26.5. The normalized spacial score (nSPS) is 13.4. The predicted octanol–water partition coefficient (Wildman–Crippen LogP) is 6.30. The summed E-state index contributed by atoms with van der Waals surface area (Å²) in [5, 5.41) is 5.58. The fourth-order valence-electron chi connectivity index (χ4n) is 4.13. The molecule has 1 fully saturated rings. The van der Waals surface area contributed by atoms with Crippen LogP contribution in [0.15, 0.2) is 82.5 Å². The van der Waals surface area contributed by atoms with Gasteiger partial charge < -0.3 is 15.1 Å². The van der Waals surface area contributed by atoms with E-state index in [2.05, 4.69) is 15.2 Å². The first-order valence-electron chi connectivity index (χ1n) is 12.0. The minimum absolute atomic E-state index is 0.101. The molecule has 2 heterocycles. The Kier molecular flexibility index (Phi) is 8.26. The van der Waals surface area contributed by atoms with Crippen molar-refractivity contribution in [3.63, 3.8) is 0 Å². The number of anilines is 2. The molecule has 0 bridgehead atoms. The van der Waals surface area contributed by atoms with E-state index >= 15 is 0 Å². The van der Waals surface area contributed by atoms with Crippen LogP contribution < -0.4 is 10.2 Å². The van der Waals surface area contributed by atoms with Crippen LogP contribution >= 0.6 is 34.7 Å². The Labute approximate surface area is 233 Å². The maximum atomic E-state index is 13.5. The van der Waals surface area contributed by atoms with Crippen LogP contribution in [0, 0.1) is 5.82 Å². The van der Waals surface area contributed by atoms with E-state index in [4.69, 9.17) is 11.6 Å². The van der Waals surface area contributed by atoms with Crippen LogP contribution in [0.4, 0.5) is 15.8 Å². The minimum Gasteiger partial charge on any atom is -0.368 e. The third-order valence-corrected chi connectivity index (χ3v) is 8.38. The highest BCUT2D eigenvalue weighted by molar-refractivity contribution is 8.01. The lowest BCUT2D eigenvalue weighted by molar-refractivity contribution is -0.113. The Balaban J connectivity index is 1.09. The van der Waals surface area contributed by atoms with Crippen molar-refractivity contribution < 1.29 is 14.0 Å². The van der Waals surface area contributed by atoms with Crippen LogP contribution in [0.5, 0.6) is 0 Å². The molecule has 194 valence electrons. The SMILES string of the molecule is O=C(CSc1nc(-c2ccc(Cl)cc2)cs1)Nc1ccc(N2CCN(C(=O)c3cccc(F)c3)CC2)cc1. The Bertz CT molecular complexity index is 1420. The third-order valence-electron chi connectivity index (χ3n) is 6.10. The van der Waals surface area contributed by atoms with Crippen LogP contribution in [0.25, 0.3) is 11.3 Å². The largest absolute Gasteiger partial charge is 0.368 e. The van der Waals surface area contributed by atoms with E-state index in [0.29, 0.717) is 36.8 Å². The first kappa shape index (κ1) is 26.2. The van der Waals surface area contributed by atoms with E-state index in [0.717, 1.165) is 27.0 Å². The van der Waals surface area contributed by atoms with Crippen molar-refractivity contribution in [2.45, 2.75) is 4.34 Å². The highest BCUT2D eigenvalue weighted by atomic mass is 35.5. The van der Waals surface area contributed by atoms with Gasteiger partial charge in [0.05, 0.1) is 11.4 Å². The van der Waals surface area contributed by atoms with Crippen LogP contribution in [-0.4, -0.2) is 53.6 Å². The molecule has 3 aromatic carbocycles. The second-order valence-electron chi connectivity index (χ2n) is 8.68. The third kappa shape index (κ3) is 6.53. The van der Waals surface area contributed by atoms with E-state index in [1.54, 1.807) is 17.0 Å². The maximum absolute atomic E-state index is 13.5. The number of thioether (sulfide) groups is 1. The number of amides is 2. The average Bonchev–Trinajstić information content (AvgIpc) is 3.42. The monoisotopic (exact) mass is 566 g/mol. The predicted molar refractivity (Wildman–Crippen MR) is 153 cm³/mol. The molecule has 1 aliphatic rings. The first-order chi connectivity index (χ1) is 18.4. The molecule has 4 aromatic rings. The number of nitrogens with one attached hydrogen (secondary N) is 1. The van der Waals surface area contributed by atoms with Crippen LogP contribution in [0.2, 0.25) is 5.02 Å². The summed E-state index contributed by atoms with van der Waals surface area (Å²) in [6, 6.07) is 21.0. The number of halogens is 2. The summed E-state index contributed by atoms with van der Waals surface area (Å²) in [6.45, 7) is 2.47. The number of carbonyl (C=O) groups is 2. The summed E-state index contributed by atoms with van der Waals surface area (Å²) < 4.78 is 14.3. The van der Waals surface area contributed by atoms with E-state index < -0.39 is 5.82 Å². The molecule has 0 spiro atoms. The number of rotatable bonds is 7. The number of nitrogens with zero attached hydrogens (tertiary/aromatic N) is 3. The van der Waals surface area contributed by atoms with Gasteiger partial charge in [-0.3, -0.25) is 9.59 Å². The smallest absolute Gasteiger partial charge is 0.254 e. The molecule has 1 N–H and O–H groups in total. The van der Waals surface area contributed by atoms with E-state index in [1.807, 2.05) is 53.9 Å². The van der Waals surface area contributed by atoms with Gasteiger partial charge in [0.1, 0.15) is 5.82 Å². The van der Waals surface area contributed by atoms with Gasteiger partial charge in [-0.2, -0.15) is 0 Å². The quantitative estimate of drug-likeness (QED) is 0.266. The number of hydrogen-bond donors (Lipinski definition) is 1. The maximum Gasteiger partial charge on any atom is 0.254 e. The van der Waals surface area contributed by atoms with Gasteiger partial charge in [0.2, 0.25) is 5.91 Å². The molecule has 0 radical (unpaired) electrons. The van der Waals surface area contributed by atoms with Gasteiger partial charge in [0.15, 0.2) is 4.34 Å². The molecule has 1 saturated heterocycles. The molecular formula is C28H24ClFN4O2S2. The Morgan fingerprint density at radius 3 is 2.45 bits per heavy atom.